The van der Waals surface area contributed by atoms with Gasteiger partial charge in [0.05, 0.1) is 18.1 Å². The van der Waals surface area contributed by atoms with Gasteiger partial charge in [-0.15, -0.1) is 0 Å². The maximum Gasteiger partial charge on any atom is 0.321 e. The number of rotatable bonds is 4. The molecule has 2 heterocycles. The largest absolute Gasteiger partial charge is 0.371 e. The zero-order valence-corrected chi connectivity index (χ0v) is 14.9. The SMILES string of the molecule is CCc1ncc(NC(=O)N2CCC(N(C)c3ccccc3)CC2)cn1. The van der Waals surface area contributed by atoms with Crippen molar-refractivity contribution in [2.24, 2.45) is 0 Å². The molecule has 0 radical (unpaired) electrons. The van der Waals surface area contributed by atoms with Crippen molar-refractivity contribution in [2.45, 2.75) is 32.2 Å². The Morgan fingerprint density at radius 1 is 1.20 bits per heavy atom. The Morgan fingerprint density at radius 2 is 1.84 bits per heavy atom. The van der Waals surface area contributed by atoms with Crippen molar-refractivity contribution >= 4 is 17.4 Å². The molecule has 0 atom stereocenters. The van der Waals surface area contributed by atoms with E-state index in [4.69, 9.17) is 0 Å². The Kier molecular flexibility index (Phi) is 5.48. The van der Waals surface area contributed by atoms with Crippen LogP contribution in [0.3, 0.4) is 0 Å². The van der Waals surface area contributed by atoms with Crippen molar-refractivity contribution in [3.63, 3.8) is 0 Å². The Balaban J connectivity index is 1.52. The first-order chi connectivity index (χ1) is 12.2. The number of likely N-dealkylation sites (tertiary alicyclic amines) is 1. The van der Waals surface area contributed by atoms with E-state index in [1.54, 1.807) is 12.4 Å². The number of nitrogens with one attached hydrogen (secondary N) is 1. The lowest BCUT2D eigenvalue weighted by Gasteiger charge is -2.37. The van der Waals surface area contributed by atoms with Crippen molar-refractivity contribution in [3.05, 3.63) is 48.5 Å². The third-order valence-electron chi connectivity index (χ3n) is 4.74. The van der Waals surface area contributed by atoms with Crippen molar-refractivity contribution in [1.29, 1.82) is 0 Å². The minimum atomic E-state index is -0.0753. The Hall–Kier alpha value is -2.63. The van der Waals surface area contributed by atoms with Crippen LogP contribution in [0.5, 0.6) is 0 Å². The molecule has 1 aromatic heterocycles. The third kappa shape index (κ3) is 4.26. The van der Waals surface area contributed by atoms with Crippen LogP contribution in [0.1, 0.15) is 25.6 Å². The molecule has 0 aliphatic carbocycles. The molecule has 0 spiro atoms. The fraction of sp³-hybridized carbons (Fsp3) is 0.421. The Labute approximate surface area is 148 Å². The van der Waals surface area contributed by atoms with Crippen LogP contribution in [0.2, 0.25) is 0 Å². The summed E-state index contributed by atoms with van der Waals surface area (Å²) in [6.07, 6.45) is 6.05. The zero-order valence-electron chi connectivity index (χ0n) is 14.9. The molecule has 1 aliphatic heterocycles. The van der Waals surface area contributed by atoms with Gasteiger partial charge in [0.1, 0.15) is 5.82 Å². The molecule has 25 heavy (non-hydrogen) atoms. The monoisotopic (exact) mass is 339 g/mol. The van der Waals surface area contributed by atoms with Gasteiger partial charge in [-0.1, -0.05) is 25.1 Å². The topological polar surface area (TPSA) is 61.4 Å². The van der Waals surface area contributed by atoms with Crippen LogP contribution in [0.4, 0.5) is 16.2 Å². The van der Waals surface area contributed by atoms with Crippen molar-refractivity contribution < 1.29 is 4.79 Å². The molecule has 1 aromatic carbocycles. The number of para-hydroxylation sites is 1. The van der Waals surface area contributed by atoms with Gasteiger partial charge in [0.2, 0.25) is 0 Å². The van der Waals surface area contributed by atoms with Crippen LogP contribution in [0.15, 0.2) is 42.7 Å². The second-order valence-corrected chi connectivity index (χ2v) is 6.34. The highest BCUT2D eigenvalue weighted by atomic mass is 16.2. The average molecular weight is 339 g/mol. The number of carbonyl (C=O) groups excluding carboxylic acids is 1. The van der Waals surface area contributed by atoms with Gasteiger partial charge in [0, 0.05) is 38.3 Å². The van der Waals surface area contributed by atoms with Crippen molar-refractivity contribution in [3.8, 4) is 0 Å². The van der Waals surface area contributed by atoms with E-state index in [1.165, 1.54) is 5.69 Å². The molecule has 132 valence electrons. The summed E-state index contributed by atoms with van der Waals surface area (Å²) in [4.78, 5) is 25.0. The minimum Gasteiger partial charge on any atom is -0.371 e. The molecule has 1 fully saturated rings. The number of carbonyl (C=O) groups is 1. The van der Waals surface area contributed by atoms with Crippen LogP contribution < -0.4 is 10.2 Å². The maximum atomic E-state index is 12.4. The fourth-order valence-electron chi connectivity index (χ4n) is 3.13. The first-order valence-electron chi connectivity index (χ1n) is 8.82. The predicted octanol–water partition coefficient (Wildman–Crippen LogP) is 3.17. The molecule has 2 amide bonds. The summed E-state index contributed by atoms with van der Waals surface area (Å²) in [6.45, 7) is 3.51. The van der Waals surface area contributed by atoms with Crippen molar-refractivity contribution in [1.82, 2.24) is 14.9 Å². The number of anilines is 2. The van der Waals surface area contributed by atoms with Crippen LogP contribution >= 0.6 is 0 Å². The van der Waals surface area contributed by atoms with Gasteiger partial charge in [-0.05, 0) is 25.0 Å². The molecular weight excluding hydrogens is 314 g/mol. The van der Waals surface area contributed by atoms with E-state index in [2.05, 4.69) is 51.5 Å². The molecule has 0 unspecified atom stereocenters. The molecular formula is C19H25N5O. The van der Waals surface area contributed by atoms with E-state index in [0.29, 0.717) is 11.7 Å². The maximum absolute atomic E-state index is 12.4. The summed E-state index contributed by atoms with van der Waals surface area (Å²) in [6, 6.07) is 10.8. The summed E-state index contributed by atoms with van der Waals surface area (Å²) in [5, 5.41) is 2.89. The number of urea groups is 1. The summed E-state index contributed by atoms with van der Waals surface area (Å²) in [5.74, 6) is 0.780. The number of aryl methyl sites for hydroxylation is 1. The molecule has 6 heteroatoms. The second kappa shape index (κ2) is 7.96. The molecule has 1 N–H and O–H groups in total. The van der Waals surface area contributed by atoms with E-state index >= 15 is 0 Å². The number of hydrogen-bond donors (Lipinski definition) is 1. The average Bonchev–Trinajstić information content (AvgIpc) is 2.69. The van der Waals surface area contributed by atoms with Gasteiger partial charge in [-0.2, -0.15) is 0 Å². The number of nitrogens with zero attached hydrogens (tertiary/aromatic N) is 4. The molecule has 1 aliphatic rings. The lowest BCUT2D eigenvalue weighted by atomic mass is 10.0. The van der Waals surface area contributed by atoms with Gasteiger partial charge < -0.3 is 15.1 Å². The highest BCUT2D eigenvalue weighted by Crippen LogP contribution is 2.22. The van der Waals surface area contributed by atoms with Gasteiger partial charge in [0.15, 0.2) is 0 Å². The van der Waals surface area contributed by atoms with Gasteiger partial charge in [-0.25, -0.2) is 14.8 Å². The summed E-state index contributed by atoms with van der Waals surface area (Å²) in [7, 11) is 2.13. The van der Waals surface area contributed by atoms with Gasteiger partial charge in [-0.3, -0.25) is 0 Å². The Bertz CT molecular complexity index is 681. The number of hydrogen-bond acceptors (Lipinski definition) is 4. The predicted molar refractivity (Wildman–Crippen MR) is 99.9 cm³/mol. The molecule has 0 saturated carbocycles. The first kappa shape index (κ1) is 17.2. The smallest absolute Gasteiger partial charge is 0.321 e. The number of amides is 2. The van der Waals surface area contributed by atoms with E-state index in [-0.39, 0.29) is 6.03 Å². The number of aromatic nitrogens is 2. The zero-order chi connectivity index (χ0) is 17.6. The molecule has 2 aromatic rings. The molecule has 1 saturated heterocycles. The van der Waals surface area contributed by atoms with Crippen molar-refractivity contribution in [2.75, 3.05) is 30.4 Å². The fourth-order valence-corrected chi connectivity index (χ4v) is 3.13. The second-order valence-electron chi connectivity index (χ2n) is 6.34. The highest BCUT2D eigenvalue weighted by Gasteiger charge is 2.25. The van der Waals surface area contributed by atoms with Gasteiger partial charge in [0.25, 0.3) is 0 Å². The van der Waals surface area contributed by atoms with Crippen LogP contribution in [0, 0.1) is 0 Å². The molecule has 0 bridgehead atoms. The summed E-state index contributed by atoms with van der Waals surface area (Å²) >= 11 is 0. The first-order valence-corrected chi connectivity index (χ1v) is 8.82. The van der Waals surface area contributed by atoms with E-state index in [1.807, 2.05) is 17.9 Å². The lowest BCUT2D eigenvalue weighted by molar-refractivity contribution is 0.194. The summed E-state index contributed by atoms with van der Waals surface area (Å²) in [5.41, 5.74) is 1.87. The lowest BCUT2D eigenvalue weighted by Crippen LogP contribution is -2.47. The van der Waals surface area contributed by atoms with Crippen LogP contribution in [-0.2, 0) is 6.42 Å². The van der Waals surface area contributed by atoms with Crippen LogP contribution in [0.25, 0.3) is 0 Å². The van der Waals surface area contributed by atoms with E-state index < -0.39 is 0 Å². The third-order valence-corrected chi connectivity index (χ3v) is 4.74. The normalized spacial score (nSPS) is 15.0. The van der Waals surface area contributed by atoms with Crippen LogP contribution in [-0.4, -0.2) is 47.1 Å². The highest BCUT2D eigenvalue weighted by molar-refractivity contribution is 5.89. The molecule has 3 rings (SSSR count). The summed E-state index contributed by atoms with van der Waals surface area (Å²) < 4.78 is 0. The Morgan fingerprint density at radius 3 is 2.44 bits per heavy atom. The number of benzene rings is 1. The quantitative estimate of drug-likeness (QED) is 0.929. The van der Waals surface area contributed by atoms with E-state index in [9.17, 15) is 4.79 Å². The molecule has 6 nitrogen and oxygen atoms in total. The minimum absolute atomic E-state index is 0.0753. The van der Waals surface area contributed by atoms with Gasteiger partial charge >= 0.3 is 6.03 Å². The standard InChI is InChI=1S/C19H25N5O/c1-3-18-20-13-15(14-21-18)22-19(25)24-11-9-17(10-12-24)23(2)16-7-5-4-6-8-16/h4-8,13-14,17H,3,9-12H2,1-2H3,(H,22,25). The van der Waals surface area contributed by atoms with E-state index in [0.717, 1.165) is 38.2 Å². The number of piperidine rings is 1.